The molecule has 0 spiro atoms. The summed E-state index contributed by atoms with van der Waals surface area (Å²) in [5, 5.41) is 20.7. The van der Waals surface area contributed by atoms with Gasteiger partial charge < -0.3 is 15.2 Å². The van der Waals surface area contributed by atoms with E-state index in [2.05, 4.69) is 5.32 Å². The zero-order valence-corrected chi connectivity index (χ0v) is 12.8. The second kappa shape index (κ2) is 7.61. The van der Waals surface area contributed by atoms with Crippen LogP contribution in [0.15, 0.2) is 54.1 Å². The van der Waals surface area contributed by atoms with Gasteiger partial charge in [-0.15, -0.1) is 0 Å². The van der Waals surface area contributed by atoms with Crippen LogP contribution in [0.1, 0.15) is 15.9 Å². The lowest BCUT2D eigenvalue weighted by Crippen LogP contribution is -2.13. The topological polar surface area (TPSA) is 99.4 Å². The number of carbonyl (C=O) groups excluding carboxylic acids is 1. The average molecular weight is 322 g/mol. The fourth-order valence-electron chi connectivity index (χ4n) is 1.97. The first-order valence-electron chi connectivity index (χ1n) is 6.94. The van der Waals surface area contributed by atoms with Gasteiger partial charge in [0.15, 0.2) is 0 Å². The Hall–Kier alpha value is -3.59. The first-order chi connectivity index (χ1) is 11.5. The predicted molar refractivity (Wildman–Crippen MR) is 88.6 cm³/mol. The van der Waals surface area contributed by atoms with Crippen LogP contribution < -0.4 is 10.1 Å². The predicted octanol–water partition coefficient (Wildman–Crippen LogP) is 2.94. The van der Waals surface area contributed by atoms with Gasteiger partial charge in [0.25, 0.3) is 5.91 Å². The minimum absolute atomic E-state index is 0.0445. The van der Waals surface area contributed by atoms with Crippen LogP contribution in [0.5, 0.6) is 5.75 Å². The van der Waals surface area contributed by atoms with Crippen molar-refractivity contribution in [3.8, 4) is 11.8 Å². The van der Waals surface area contributed by atoms with Crippen LogP contribution in [0, 0.1) is 11.3 Å². The normalized spacial score (nSPS) is 10.6. The van der Waals surface area contributed by atoms with Gasteiger partial charge in [-0.2, -0.15) is 5.26 Å². The van der Waals surface area contributed by atoms with Gasteiger partial charge in [-0.05, 0) is 42.0 Å². The maximum Gasteiger partial charge on any atom is 0.335 e. The van der Waals surface area contributed by atoms with Crippen molar-refractivity contribution in [1.82, 2.24) is 0 Å². The third kappa shape index (κ3) is 4.21. The fraction of sp³-hybridized carbons (Fsp3) is 0.0556. The molecule has 0 aliphatic rings. The molecule has 2 rings (SSSR count). The van der Waals surface area contributed by atoms with Crippen molar-refractivity contribution in [3.05, 3.63) is 65.2 Å². The lowest BCUT2D eigenvalue weighted by molar-refractivity contribution is -0.112. The molecule has 0 aliphatic heterocycles. The summed E-state index contributed by atoms with van der Waals surface area (Å²) in [5.74, 6) is -1.11. The first-order valence-corrected chi connectivity index (χ1v) is 6.94. The van der Waals surface area contributed by atoms with Gasteiger partial charge in [-0.25, -0.2) is 4.79 Å². The van der Waals surface area contributed by atoms with Crippen molar-refractivity contribution in [2.24, 2.45) is 0 Å². The summed E-state index contributed by atoms with van der Waals surface area (Å²) >= 11 is 0. The molecule has 0 heterocycles. The monoisotopic (exact) mass is 322 g/mol. The van der Waals surface area contributed by atoms with Gasteiger partial charge in [0.2, 0.25) is 0 Å². The minimum Gasteiger partial charge on any atom is -0.497 e. The molecule has 0 radical (unpaired) electrons. The maximum atomic E-state index is 12.2. The number of carboxylic acid groups (broad SMARTS) is 1. The second-order valence-corrected chi connectivity index (χ2v) is 4.79. The van der Waals surface area contributed by atoms with E-state index in [1.54, 1.807) is 30.3 Å². The van der Waals surface area contributed by atoms with Crippen LogP contribution in [0.2, 0.25) is 0 Å². The third-order valence-electron chi connectivity index (χ3n) is 3.14. The number of anilines is 1. The zero-order chi connectivity index (χ0) is 17.5. The molecule has 2 N–H and O–H groups in total. The summed E-state index contributed by atoms with van der Waals surface area (Å²) < 4.78 is 5.09. The standard InChI is InChI=1S/C18H14N2O4/c1-24-16-7-2-4-12(9-16)8-14(11-19)17(21)20-15-6-3-5-13(10-15)18(22)23/h2-10H,1H3,(H,20,21)(H,22,23)/b14-8-. The number of carboxylic acids is 1. The lowest BCUT2D eigenvalue weighted by Gasteiger charge is -2.06. The molecular formula is C18H14N2O4. The molecule has 24 heavy (non-hydrogen) atoms. The third-order valence-corrected chi connectivity index (χ3v) is 3.14. The number of ether oxygens (including phenoxy) is 1. The molecular weight excluding hydrogens is 308 g/mol. The zero-order valence-electron chi connectivity index (χ0n) is 12.8. The minimum atomic E-state index is -1.10. The maximum absolute atomic E-state index is 12.2. The van der Waals surface area contributed by atoms with Crippen LogP contribution in [-0.2, 0) is 4.79 Å². The largest absolute Gasteiger partial charge is 0.497 e. The van der Waals surface area contributed by atoms with E-state index in [9.17, 15) is 14.9 Å². The number of hydrogen-bond acceptors (Lipinski definition) is 4. The molecule has 0 bridgehead atoms. The Balaban J connectivity index is 2.23. The molecule has 2 aromatic rings. The number of nitriles is 1. The number of hydrogen-bond donors (Lipinski definition) is 2. The quantitative estimate of drug-likeness (QED) is 0.651. The van der Waals surface area contributed by atoms with Gasteiger partial charge in [0.1, 0.15) is 17.4 Å². The summed E-state index contributed by atoms with van der Waals surface area (Å²) in [6.45, 7) is 0. The van der Waals surface area contributed by atoms with E-state index >= 15 is 0 Å². The number of amides is 1. The Bertz CT molecular complexity index is 850. The van der Waals surface area contributed by atoms with E-state index in [0.29, 0.717) is 17.0 Å². The Morgan fingerprint density at radius 3 is 2.62 bits per heavy atom. The van der Waals surface area contributed by atoms with E-state index in [0.717, 1.165) is 0 Å². The van der Waals surface area contributed by atoms with Crippen LogP contribution >= 0.6 is 0 Å². The fourth-order valence-corrected chi connectivity index (χ4v) is 1.97. The molecule has 1 amide bonds. The first kappa shape index (κ1) is 16.8. The summed E-state index contributed by atoms with van der Waals surface area (Å²) in [5.41, 5.74) is 0.874. The molecule has 0 aliphatic carbocycles. The highest BCUT2D eigenvalue weighted by atomic mass is 16.5. The second-order valence-electron chi connectivity index (χ2n) is 4.79. The van der Waals surface area contributed by atoms with Crippen LogP contribution in [0.25, 0.3) is 6.08 Å². The van der Waals surface area contributed by atoms with Crippen molar-refractivity contribution in [1.29, 1.82) is 5.26 Å². The van der Waals surface area contributed by atoms with Crippen LogP contribution in [0.4, 0.5) is 5.69 Å². The highest BCUT2D eigenvalue weighted by molar-refractivity contribution is 6.10. The molecule has 0 atom stereocenters. The Kier molecular flexibility index (Phi) is 5.32. The number of nitrogens with one attached hydrogen (secondary N) is 1. The van der Waals surface area contributed by atoms with E-state index in [-0.39, 0.29) is 11.1 Å². The van der Waals surface area contributed by atoms with Gasteiger partial charge in [-0.3, -0.25) is 4.79 Å². The SMILES string of the molecule is COc1cccc(/C=C(/C#N)C(=O)Nc2cccc(C(=O)O)c2)c1. The average Bonchev–Trinajstić information content (AvgIpc) is 2.59. The molecule has 6 heteroatoms. The van der Waals surface area contributed by atoms with Crippen molar-refractivity contribution in [2.45, 2.75) is 0 Å². The molecule has 0 saturated carbocycles. The highest BCUT2D eigenvalue weighted by Crippen LogP contribution is 2.17. The van der Waals surface area contributed by atoms with E-state index in [1.807, 2.05) is 6.07 Å². The number of methoxy groups -OCH3 is 1. The van der Waals surface area contributed by atoms with Crippen molar-refractivity contribution in [3.63, 3.8) is 0 Å². The Morgan fingerprint density at radius 1 is 1.21 bits per heavy atom. The molecule has 0 fully saturated rings. The van der Waals surface area contributed by atoms with Crippen molar-refractivity contribution < 1.29 is 19.4 Å². The summed E-state index contributed by atoms with van der Waals surface area (Å²) in [4.78, 5) is 23.1. The lowest BCUT2D eigenvalue weighted by atomic mass is 10.1. The number of benzene rings is 2. The number of rotatable bonds is 5. The van der Waals surface area contributed by atoms with Gasteiger partial charge in [0, 0.05) is 5.69 Å². The molecule has 0 aromatic heterocycles. The van der Waals surface area contributed by atoms with Gasteiger partial charge in [-0.1, -0.05) is 18.2 Å². The van der Waals surface area contributed by atoms with E-state index in [4.69, 9.17) is 9.84 Å². The Morgan fingerprint density at radius 2 is 1.96 bits per heavy atom. The number of nitrogens with zero attached hydrogens (tertiary/aromatic N) is 1. The molecule has 120 valence electrons. The Labute approximate surface area is 138 Å². The van der Waals surface area contributed by atoms with E-state index in [1.165, 1.54) is 31.4 Å². The van der Waals surface area contributed by atoms with Gasteiger partial charge >= 0.3 is 5.97 Å². The van der Waals surface area contributed by atoms with Crippen molar-refractivity contribution >= 4 is 23.6 Å². The summed E-state index contributed by atoms with van der Waals surface area (Å²) in [6.07, 6.45) is 1.43. The molecule has 6 nitrogen and oxygen atoms in total. The smallest absolute Gasteiger partial charge is 0.335 e. The summed E-state index contributed by atoms with van der Waals surface area (Å²) in [6, 6.07) is 14.5. The number of aromatic carboxylic acids is 1. The molecule has 0 saturated heterocycles. The molecule has 2 aromatic carbocycles. The molecule has 0 unspecified atom stereocenters. The van der Waals surface area contributed by atoms with Gasteiger partial charge in [0.05, 0.1) is 12.7 Å². The number of carbonyl (C=O) groups is 2. The summed E-state index contributed by atoms with van der Waals surface area (Å²) in [7, 11) is 1.52. The van der Waals surface area contributed by atoms with Crippen molar-refractivity contribution in [2.75, 3.05) is 12.4 Å². The highest BCUT2D eigenvalue weighted by Gasteiger charge is 2.11. The van der Waals surface area contributed by atoms with Crippen LogP contribution in [-0.4, -0.2) is 24.1 Å². The van der Waals surface area contributed by atoms with Crippen LogP contribution in [0.3, 0.4) is 0 Å². The van der Waals surface area contributed by atoms with E-state index < -0.39 is 11.9 Å².